The highest BCUT2D eigenvalue weighted by Crippen LogP contribution is 2.06. The second-order valence-corrected chi connectivity index (χ2v) is 4.15. The fraction of sp³-hybridized carbons (Fsp3) is 1.00. The van der Waals surface area contributed by atoms with Gasteiger partial charge in [-0.05, 0) is 13.3 Å². The average Bonchev–Trinajstić information content (AvgIpc) is 2.12. The number of halogens is 1. The molecule has 0 heterocycles. The molecule has 0 aliphatic rings. The Bertz CT molecular complexity index is 111. The summed E-state index contributed by atoms with van der Waals surface area (Å²) >= 11 is 3.48. The summed E-state index contributed by atoms with van der Waals surface area (Å²) in [4.78, 5) is 2.47. The molecule has 0 bridgehead atoms. The van der Waals surface area contributed by atoms with Gasteiger partial charge < -0.3 is 4.74 Å². The molecule has 1 atom stereocenters. The molecular weight excluding hydrogens is 230 g/mol. The van der Waals surface area contributed by atoms with Crippen LogP contribution in [-0.2, 0) is 4.74 Å². The molecular formula is C10H22BrNO. The van der Waals surface area contributed by atoms with Crippen LogP contribution in [0, 0.1) is 0 Å². The largest absolute Gasteiger partial charge is 0.383 e. The molecule has 0 spiro atoms. The fourth-order valence-corrected chi connectivity index (χ4v) is 1.93. The fourth-order valence-electron chi connectivity index (χ4n) is 1.47. The molecule has 1 unspecified atom stereocenters. The summed E-state index contributed by atoms with van der Waals surface area (Å²) in [5.74, 6) is 0. The summed E-state index contributed by atoms with van der Waals surface area (Å²) in [6, 6.07) is 0.678. The van der Waals surface area contributed by atoms with Gasteiger partial charge in [-0.3, -0.25) is 4.90 Å². The lowest BCUT2D eigenvalue weighted by molar-refractivity contribution is 0.126. The van der Waals surface area contributed by atoms with Crippen molar-refractivity contribution in [3.05, 3.63) is 0 Å². The first-order valence-electron chi connectivity index (χ1n) is 5.05. The summed E-state index contributed by atoms with van der Waals surface area (Å²) in [7, 11) is 1.76. The summed E-state index contributed by atoms with van der Waals surface area (Å²) in [6.07, 6.45) is 2.53. The Morgan fingerprint density at radius 2 is 2.08 bits per heavy atom. The normalized spacial score (nSPS) is 13.6. The lowest BCUT2D eigenvalue weighted by atomic mass is 10.1. The van der Waals surface area contributed by atoms with E-state index in [-0.39, 0.29) is 0 Å². The maximum Gasteiger partial charge on any atom is 0.0589 e. The van der Waals surface area contributed by atoms with E-state index in [0.717, 1.165) is 25.0 Å². The molecule has 2 nitrogen and oxygen atoms in total. The topological polar surface area (TPSA) is 12.5 Å². The van der Waals surface area contributed by atoms with Crippen molar-refractivity contribution in [1.29, 1.82) is 0 Å². The highest BCUT2D eigenvalue weighted by atomic mass is 79.9. The van der Waals surface area contributed by atoms with Gasteiger partial charge in [0.25, 0.3) is 0 Å². The van der Waals surface area contributed by atoms with Crippen molar-refractivity contribution in [2.45, 2.75) is 32.7 Å². The van der Waals surface area contributed by atoms with Gasteiger partial charge in [0.15, 0.2) is 0 Å². The first kappa shape index (κ1) is 13.4. The van der Waals surface area contributed by atoms with Crippen LogP contribution in [0.25, 0.3) is 0 Å². The number of hydrogen-bond acceptors (Lipinski definition) is 2. The van der Waals surface area contributed by atoms with Gasteiger partial charge in [-0.25, -0.2) is 0 Å². The van der Waals surface area contributed by atoms with Gasteiger partial charge in [0.2, 0.25) is 0 Å². The summed E-state index contributed by atoms with van der Waals surface area (Å²) in [5, 5.41) is 1.05. The van der Waals surface area contributed by atoms with Gasteiger partial charge in [0, 0.05) is 31.6 Å². The smallest absolute Gasteiger partial charge is 0.0589 e. The minimum Gasteiger partial charge on any atom is -0.383 e. The second-order valence-electron chi connectivity index (χ2n) is 3.36. The quantitative estimate of drug-likeness (QED) is 0.615. The van der Waals surface area contributed by atoms with E-state index in [1.165, 1.54) is 12.8 Å². The predicted octanol–water partition coefficient (Wildman–Crippen LogP) is 2.52. The van der Waals surface area contributed by atoms with Gasteiger partial charge in [0.1, 0.15) is 0 Å². The van der Waals surface area contributed by atoms with E-state index < -0.39 is 0 Å². The third-order valence-corrected chi connectivity index (χ3v) is 2.64. The molecule has 13 heavy (non-hydrogen) atoms. The summed E-state index contributed by atoms with van der Waals surface area (Å²) in [5.41, 5.74) is 0. The third kappa shape index (κ3) is 6.47. The number of rotatable bonds is 8. The van der Waals surface area contributed by atoms with Crippen LogP contribution in [0.1, 0.15) is 26.7 Å². The number of alkyl halides is 1. The summed E-state index contributed by atoms with van der Waals surface area (Å²) in [6.45, 7) is 7.52. The molecule has 0 aliphatic carbocycles. The molecule has 0 saturated heterocycles. The molecule has 3 heteroatoms. The maximum atomic E-state index is 5.09. The van der Waals surface area contributed by atoms with Gasteiger partial charge in [-0.15, -0.1) is 0 Å². The summed E-state index contributed by atoms with van der Waals surface area (Å²) < 4.78 is 5.09. The molecule has 0 rings (SSSR count). The van der Waals surface area contributed by atoms with Crippen molar-refractivity contribution >= 4 is 15.9 Å². The lowest BCUT2D eigenvalue weighted by Crippen LogP contribution is -2.37. The molecule has 0 radical (unpaired) electrons. The molecule has 80 valence electrons. The van der Waals surface area contributed by atoms with E-state index in [1.807, 2.05) is 0 Å². The molecule has 0 aromatic rings. The van der Waals surface area contributed by atoms with Crippen molar-refractivity contribution in [3.63, 3.8) is 0 Å². The van der Waals surface area contributed by atoms with Gasteiger partial charge in [-0.1, -0.05) is 29.3 Å². The van der Waals surface area contributed by atoms with Gasteiger partial charge in [0.05, 0.1) is 6.61 Å². The number of methoxy groups -OCH3 is 1. The highest BCUT2D eigenvalue weighted by molar-refractivity contribution is 9.09. The Morgan fingerprint density at radius 1 is 1.38 bits per heavy atom. The zero-order valence-corrected chi connectivity index (χ0v) is 10.6. The van der Waals surface area contributed by atoms with E-state index >= 15 is 0 Å². The van der Waals surface area contributed by atoms with Crippen LogP contribution in [0.2, 0.25) is 0 Å². The second kappa shape index (κ2) is 8.97. The molecule has 0 N–H and O–H groups in total. The van der Waals surface area contributed by atoms with Crippen LogP contribution in [0.3, 0.4) is 0 Å². The van der Waals surface area contributed by atoms with E-state index in [4.69, 9.17) is 4.74 Å². The number of ether oxygens (including phenoxy) is 1. The zero-order chi connectivity index (χ0) is 10.1. The molecule has 0 aromatic heterocycles. The SMILES string of the molecule is CCCC(C)N(CCBr)CCOC. The zero-order valence-electron chi connectivity index (χ0n) is 9.05. The molecule has 0 amide bonds. The van der Waals surface area contributed by atoms with Crippen LogP contribution < -0.4 is 0 Å². The average molecular weight is 252 g/mol. The Labute approximate surface area is 90.8 Å². The highest BCUT2D eigenvalue weighted by Gasteiger charge is 2.11. The van der Waals surface area contributed by atoms with Crippen LogP contribution in [0.15, 0.2) is 0 Å². The lowest BCUT2D eigenvalue weighted by Gasteiger charge is -2.27. The van der Waals surface area contributed by atoms with Crippen molar-refractivity contribution in [2.24, 2.45) is 0 Å². The van der Waals surface area contributed by atoms with E-state index in [0.29, 0.717) is 6.04 Å². The van der Waals surface area contributed by atoms with Crippen LogP contribution >= 0.6 is 15.9 Å². The number of hydrogen-bond donors (Lipinski definition) is 0. The molecule has 0 aliphatic heterocycles. The minimum atomic E-state index is 0.678. The maximum absolute atomic E-state index is 5.09. The van der Waals surface area contributed by atoms with E-state index in [2.05, 4.69) is 34.7 Å². The van der Waals surface area contributed by atoms with Gasteiger partial charge in [-0.2, -0.15) is 0 Å². The standard InChI is InChI=1S/C10H22BrNO/c1-4-5-10(2)12(7-6-11)8-9-13-3/h10H,4-9H2,1-3H3. The van der Waals surface area contributed by atoms with E-state index in [9.17, 15) is 0 Å². The van der Waals surface area contributed by atoms with Crippen molar-refractivity contribution < 1.29 is 4.74 Å². The Kier molecular flexibility index (Phi) is 9.25. The Morgan fingerprint density at radius 3 is 2.54 bits per heavy atom. The van der Waals surface area contributed by atoms with Gasteiger partial charge >= 0.3 is 0 Å². The van der Waals surface area contributed by atoms with Crippen molar-refractivity contribution in [1.82, 2.24) is 4.90 Å². The number of nitrogens with zero attached hydrogens (tertiary/aromatic N) is 1. The molecule has 0 aromatic carbocycles. The molecule has 0 saturated carbocycles. The monoisotopic (exact) mass is 251 g/mol. The molecule has 0 fully saturated rings. The van der Waals surface area contributed by atoms with Crippen LogP contribution in [0.4, 0.5) is 0 Å². The first-order valence-corrected chi connectivity index (χ1v) is 6.17. The Hall–Kier alpha value is 0.400. The van der Waals surface area contributed by atoms with Crippen molar-refractivity contribution in [3.8, 4) is 0 Å². The predicted molar refractivity (Wildman–Crippen MR) is 61.6 cm³/mol. The Balaban J connectivity index is 3.75. The first-order chi connectivity index (χ1) is 6.26. The van der Waals surface area contributed by atoms with Crippen molar-refractivity contribution in [2.75, 3.05) is 32.1 Å². The van der Waals surface area contributed by atoms with Crippen LogP contribution in [0.5, 0.6) is 0 Å². The van der Waals surface area contributed by atoms with Crippen LogP contribution in [-0.4, -0.2) is 43.1 Å². The third-order valence-electron chi connectivity index (χ3n) is 2.28. The van der Waals surface area contributed by atoms with E-state index in [1.54, 1.807) is 7.11 Å². The minimum absolute atomic E-state index is 0.678.